The number of hydrogen-bond donors (Lipinski definition) is 1. The molecule has 0 saturated heterocycles. The second-order valence-corrected chi connectivity index (χ2v) is 6.15. The first-order valence-electron chi connectivity index (χ1n) is 5.60. The lowest BCUT2D eigenvalue weighted by atomic mass is 10.3. The molecule has 0 aliphatic rings. The van der Waals surface area contributed by atoms with Crippen LogP contribution in [0.4, 0.5) is 4.39 Å². The maximum absolute atomic E-state index is 12.8. The summed E-state index contributed by atoms with van der Waals surface area (Å²) in [4.78, 5) is 16.8. The van der Waals surface area contributed by atoms with Gasteiger partial charge in [-0.15, -0.1) is 23.1 Å². The summed E-state index contributed by atoms with van der Waals surface area (Å²) >= 11 is 2.98. The van der Waals surface area contributed by atoms with Crippen LogP contribution in [0.3, 0.4) is 0 Å². The van der Waals surface area contributed by atoms with Gasteiger partial charge in [0, 0.05) is 9.77 Å². The summed E-state index contributed by atoms with van der Waals surface area (Å²) in [7, 11) is 0. The molecule has 0 aliphatic carbocycles. The smallest absolute Gasteiger partial charge is 0.308 e. The molecule has 6 heteroatoms. The van der Waals surface area contributed by atoms with Crippen molar-refractivity contribution in [2.75, 3.05) is 0 Å². The van der Waals surface area contributed by atoms with Gasteiger partial charge in [0.25, 0.3) is 0 Å². The van der Waals surface area contributed by atoms with E-state index in [4.69, 9.17) is 5.11 Å². The molecule has 0 radical (unpaired) electrons. The summed E-state index contributed by atoms with van der Waals surface area (Å²) in [5.41, 5.74) is 0.780. The first kappa shape index (κ1) is 14.0. The number of benzene rings is 1. The number of carboxylic acid groups (broad SMARTS) is 1. The third kappa shape index (κ3) is 4.04. The average Bonchev–Trinajstić information content (AvgIpc) is 2.69. The van der Waals surface area contributed by atoms with E-state index in [1.54, 1.807) is 23.9 Å². The van der Waals surface area contributed by atoms with E-state index in [1.165, 1.54) is 23.5 Å². The Balaban J connectivity index is 1.99. The van der Waals surface area contributed by atoms with Gasteiger partial charge in [0.05, 0.1) is 17.9 Å². The normalized spacial score (nSPS) is 10.6. The van der Waals surface area contributed by atoms with Gasteiger partial charge in [-0.05, 0) is 31.2 Å². The van der Waals surface area contributed by atoms with Gasteiger partial charge < -0.3 is 5.11 Å². The number of carbonyl (C=O) groups is 1. The lowest BCUT2D eigenvalue weighted by Crippen LogP contribution is -1.99. The number of aryl methyl sites for hydroxylation is 1. The zero-order valence-electron chi connectivity index (χ0n) is 10.2. The van der Waals surface area contributed by atoms with Crippen molar-refractivity contribution in [2.45, 2.75) is 24.0 Å². The number of thioether (sulfide) groups is 1. The highest BCUT2D eigenvalue weighted by molar-refractivity contribution is 7.98. The van der Waals surface area contributed by atoms with Crippen LogP contribution in [-0.2, 0) is 17.0 Å². The molecule has 3 nitrogen and oxygen atoms in total. The minimum atomic E-state index is -0.843. The molecule has 0 saturated carbocycles. The molecule has 1 aromatic carbocycles. The molecule has 0 spiro atoms. The fourth-order valence-corrected chi connectivity index (χ4v) is 3.48. The van der Waals surface area contributed by atoms with Crippen LogP contribution in [0.15, 0.2) is 29.2 Å². The first-order valence-corrected chi connectivity index (χ1v) is 7.40. The summed E-state index contributed by atoms with van der Waals surface area (Å²) in [6.07, 6.45) is 0.0186. The maximum atomic E-state index is 12.8. The topological polar surface area (TPSA) is 50.2 Å². The molecule has 1 heterocycles. The number of carboxylic acids is 1. The minimum Gasteiger partial charge on any atom is -0.481 e. The van der Waals surface area contributed by atoms with Crippen LogP contribution in [-0.4, -0.2) is 16.1 Å². The zero-order chi connectivity index (χ0) is 13.8. The highest BCUT2D eigenvalue weighted by atomic mass is 32.2. The van der Waals surface area contributed by atoms with Crippen molar-refractivity contribution in [1.82, 2.24) is 4.98 Å². The van der Waals surface area contributed by atoms with E-state index in [0.717, 1.165) is 20.5 Å². The molecule has 0 aliphatic heterocycles. The van der Waals surface area contributed by atoms with Gasteiger partial charge in [-0.3, -0.25) is 4.79 Å². The quantitative estimate of drug-likeness (QED) is 0.858. The Morgan fingerprint density at radius 2 is 2.11 bits per heavy atom. The van der Waals surface area contributed by atoms with E-state index >= 15 is 0 Å². The van der Waals surface area contributed by atoms with Crippen LogP contribution < -0.4 is 0 Å². The Hall–Kier alpha value is -1.40. The summed E-state index contributed by atoms with van der Waals surface area (Å²) in [5, 5.41) is 9.66. The fraction of sp³-hybridized carbons (Fsp3) is 0.231. The monoisotopic (exact) mass is 297 g/mol. The highest BCUT2D eigenvalue weighted by Gasteiger charge is 2.11. The van der Waals surface area contributed by atoms with Crippen molar-refractivity contribution >= 4 is 29.1 Å². The molecule has 0 amide bonds. The predicted molar refractivity (Wildman–Crippen MR) is 74.2 cm³/mol. The molecular weight excluding hydrogens is 285 g/mol. The second kappa shape index (κ2) is 6.16. The van der Waals surface area contributed by atoms with Crippen molar-refractivity contribution in [3.8, 4) is 0 Å². The Bertz CT molecular complexity index is 581. The molecule has 100 valence electrons. The molecule has 0 bridgehead atoms. The van der Waals surface area contributed by atoms with E-state index < -0.39 is 5.97 Å². The standard InChI is InChI=1S/C13H12FNO2S2/c1-8-11(6-13(16)17)19-12(15-8)7-18-10-4-2-9(14)3-5-10/h2-5H,6-7H2,1H3,(H,16,17). The van der Waals surface area contributed by atoms with Gasteiger partial charge in [0.15, 0.2) is 0 Å². The van der Waals surface area contributed by atoms with E-state index in [-0.39, 0.29) is 12.2 Å². The third-order valence-electron chi connectivity index (χ3n) is 2.42. The van der Waals surface area contributed by atoms with E-state index in [2.05, 4.69) is 4.98 Å². The van der Waals surface area contributed by atoms with E-state index in [9.17, 15) is 9.18 Å². The molecule has 2 rings (SSSR count). The molecule has 2 aromatic rings. The Kier molecular flexibility index (Phi) is 4.55. The number of halogens is 1. The van der Waals surface area contributed by atoms with Crippen LogP contribution in [0, 0.1) is 12.7 Å². The third-order valence-corrected chi connectivity index (χ3v) is 4.79. The van der Waals surface area contributed by atoms with E-state index in [0.29, 0.717) is 5.75 Å². The number of nitrogens with zero attached hydrogens (tertiary/aromatic N) is 1. The SMILES string of the molecule is Cc1nc(CSc2ccc(F)cc2)sc1CC(=O)O. The number of aliphatic carboxylic acids is 1. The predicted octanol–water partition coefficient (Wildman–Crippen LogP) is 3.51. The molecule has 19 heavy (non-hydrogen) atoms. The van der Waals surface area contributed by atoms with Crippen molar-refractivity contribution in [2.24, 2.45) is 0 Å². The molecule has 0 unspecified atom stereocenters. The summed E-state index contributed by atoms with van der Waals surface area (Å²) in [6.45, 7) is 1.82. The van der Waals surface area contributed by atoms with Gasteiger partial charge in [0.2, 0.25) is 0 Å². The summed E-state index contributed by atoms with van der Waals surface area (Å²) < 4.78 is 12.8. The number of aromatic nitrogens is 1. The first-order chi connectivity index (χ1) is 9.04. The number of hydrogen-bond acceptors (Lipinski definition) is 4. The van der Waals surface area contributed by atoms with Crippen molar-refractivity contribution < 1.29 is 14.3 Å². The van der Waals surface area contributed by atoms with Crippen LogP contribution in [0.5, 0.6) is 0 Å². The molecular formula is C13H12FNO2S2. The largest absolute Gasteiger partial charge is 0.481 e. The van der Waals surface area contributed by atoms with Gasteiger partial charge >= 0.3 is 5.97 Å². The number of rotatable bonds is 5. The fourth-order valence-electron chi connectivity index (χ4n) is 1.53. The molecule has 0 atom stereocenters. The maximum Gasteiger partial charge on any atom is 0.308 e. The number of thiazole rings is 1. The van der Waals surface area contributed by atoms with Crippen LogP contribution in [0.25, 0.3) is 0 Å². The van der Waals surface area contributed by atoms with Crippen molar-refractivity contribution in [3.63, 3.8) is 0 Å². The van der Waals surface area contributed by atoms with E-state index in [1.807, 2.05) is 6.92 Å². The minimum absolute atomic E-state index is 0.0186. The molecule has 1 aromatic heterocycles. The average molecular weight is 297 g/mol. The van der Waals surface area contributed by atoms with Crippen molar-refractivity contribution in [1.29, 1.82) is 0 Å². The second-order valence-electron chi connectivity index (χ2n) is 3.93. The van der Waals surface area contributed by atoms with Crippen LogP contribution >= 0.6 is 23.1 Å². The van der Waals surface area contributed by atoms with Gasteiger partial charge in [-0.2, -0.15) is 0 Å². The van der Waals surface area contributed by atoms with Gasteiger partial charge in [-0.25, -0.2) is 9.37 Å². The zero-order valence-corrected chi connectivity index (χ0v) is 11.9. The van der Waals surface area contributed by atoms with Gasteiger partial charge in [0.1, 0.15) is 10.8 Å². The summed E-state index contributed by atoms with van der Waals surface area (Å²) in [5.74, 6) is -0.431. The highest BCUT2D eigenvalue weighted by Crippen LogP contribution is 2.27. The van der Waals surface area contributed by atoms with Crippen LogP contribution in [0.2, 0.25) is 0 Å². The Morgan fingerprint density at radius 3 is 2.74 bits per heavy atom. The molecule has 0 fully saturated rings. The Labute approximate surface area is 118 Å². The lowest BCUT2D eigenvalue weighted by Gasteiger charge is -1.98. The van der Waals surface area contributed by atoms with Gasteiger partial charge in [-0.1, -0.05) is 0 Å². The molecule has 1 N–H and O–H groups in total. The Morgan fingerprint density at radius 1 is 1.42 bits per heavy atom. The van der Waals surface area contributed by atoms with Crippen molar-refractivity contribution in [3.05, 3.63) is 45.7 Å². The lowest BCUT2D eigenvalue weighted by molar-refractivity contribution is -0.136. The summed E-state index contributed by atoms with van der Waals surface area (Å²) in [6, 6.07) is 6.29. The van der Waals surface area contributed by atoms with Crippen LogP contribution in [0.1, 0.15) is 15.6 Å².